The lowest BCUT2D eigenvalue weighted by atomic mass is 10.1. The van der Waals surface area contributed by atoms with E-state index in [9.17, 15) is 21.6 Å². The van der Waals surface area contributed by atoms with E-state index in [1.165, 1.54) is 12.1 Å². The minimum atomic E-state index is -4.36. The Morgan fingerprint density at radius 2 is 1.67 bits per heavy atom. The summed E-state index contributed by atoms with van der Waals surface area (Å²) in [6.07, 6.45) is -4.36. The topological polar surface area (TPSA) is 61.8 Å². The van der Waals surface area contributed by atoms with Crippen molar-refractivity contribution < 1.29 is 21.6 Å². The Hall–Kier alpha value is -1.04. The number of benzene rings is 1. The smallest absolute Gasteiger partial charge is 0.355 e. The zero-order chi connectivity index (χ0) is 20.2. The van der Waals surface area contributed by atoms with E-state index in [-0.39, 0.29) is 36.3 Å². The summed E-state index contributed by atoms with van der Waals surface area (Å²) in [5.41, 5.74) is -0.00967. The number of hydrogen-bond donors (Lipinski definition) is 1. The molecule has 156 valence electrons. The molecule has 1 rings (SSSR count). The van der Waals surface area contributed by atoms with E-state index in [0.717, 1.165) is 12.1 Å². The molecule has 1 aromatic carbocycles. The number of hydrogen-bond acceptors (Lipinski definition) is 3. The van der Waals surface area contributed by atoms with Gasteiger partial charge in [-0.2, -0.15) is 13.2 Å². The van der Waals surface area contributed by atoms with Crippen molar-refractivity contribution in [3.8, 4) is 0 Å². The third-order valence-electron chi connectivity index (χ3n) is 3.86. The summed E-state index contributed by atoms with van der Waals surface area (Å²) in [5, 5.41) is 2.97. The molecule has 0 aliphatic carbocycles. The Kier molecular flexibility index (Phi) is 9.56. The van der Waals surface area contributed by atoms with Crippen molar-refractivity contribution in [3.05, 3.63) is 35.4 Å². The van der Waals surface area contributed by atoms with Crippen LogP contribution in [0.15, 0.2) is 29.3 Å². The van der Waals surface area contributed by atoms with Crippen LogP contribution in [0.25, 0.3) is 0 Å². The fourth-order valence-corrected chi connectivity index (χ4v) is 3.12. The fourth-order valence-electron chi connectivity index (χ4n) is 2.14. The Bertz CT molecular complexity index is 727. The van der Waals surface area contributed by atoms with E-state index in [1.54, 1.807) is 39.8 Å². The quantitative estimate of drug-likeness (QED) is 0.366. The Morgan fingerprint density at radius 1 is 1.15 bits per heavy atom. The van der Waals surface area contributed by atoms with Crippen molar-refractivity contribution in [1.29, 1.82) is 0 Å². The average molecular weight is 521 g/mol. The van der Waals surface area contributed by atoms with Gasteiger partial charge in [0.25, 0.3) is 0 Å². The Labute approximate surface area is 176 Å². The first-order valence-electron chi connectivity index (χ1n) is 8.08. The highest BCUT2D eigenvalue weighted by atomic mass is 127. The summed E-state index contributed by atoms with van der Waals surface area (Å²) < 4.78 is 61.2. The lowest BCUT2D eigenvalue weighted by molar-refractivity contribution is -0.137. The number of rotatable bonds is 5. The van der Waals surface area contributed by atoms with Gasteiger partial charge in [0.1, 0.15) is 0 Å². The maximum Gasteiger partial charge on any atom is 0.416 e. The van der Waals surface area contributed by atoms with Gasteiger partial charge in [0.05, 0.1) is 16.1 Å². The van der Waals surface area contributed by atoms with Crippen LogP contribution in [0.1, 0.15) is 31.9 Å². The molecule has 10 heteroatoms. The standard InChI is InChI=1S/C17H26F3N3O2S.HI/c1-16(2,3)26(24,25)11-10-22-15(21-4)23(5)12-13-6-8-14(9-7-13)17(18,19)20;/h6-9H,10-12H2,1-5H3,(H,21,22);1H. The second-order valence-electron chi connectivity index (χ2n) is 6.96. The summed E-state index contributed by atoms with van der Waals surface area (Å²) in [7, 11) is 0.0393. The highest BCUT2D eigenvalue weighted by Crippen LogP contribution is 2.29. The molecule has 0 saturated heterocycles. The molecule has 27 heavy (non-hydrogen) atoms. The van der Waals surface area contributed by atoms with Gasteiger partial charge in [-0.1, -0.05) is 12.1 Å². The van der Waals surface area contributed by atoms with Crippen molar-refractivity contribution in [2.45, 2.75) is 38.2 Å². The molecule has 0 aromatic heterocycles. The minimum absolute atomic E-state index is 0. The van der Waals surface area contributed by atoms with Crippen molar-refractivity contribution in [3.63, 3.8) is 0 Å². The lowest BCUT2D eigenvalue weighted by Gasteiger charge is -2.24. The summed E-state index contributed by atoms with van der Waals surface area (Å²) in [6.45, 7) is 5.48. The molecule has 0 heterocycles. The highest BCUT2D eigenvalue weighted by Gasteiger charge is 2.30. The molecule has 0 aliphatic heterocycles. The second-order valence-corrected chi connectivity index (χ2v) is 9.82. The zero-order valence-electron chi connectivity index (χ0n) is 16.1. The van der Waals surface area contributed by atoms with Gasteiger partial charge in [0, 0.05) is 27.2 Å². The van der Waals surface area contributed by atoms with Crippen LogP contribution in [0, 0.1) is 0 Å². The van der Waals surface area contributed by atoms with Crippen LogP contribution in [0.5, 0.6) is 0 Å². The van der Waals surface area contributed by atoms with E-state index in [4.69, 9.17) is 0 Å². The molecule has 0 radical (unpaired) electrons. The number of nitrogens with zero attached hydrogens (tertiary/aromatic N) is 2. The van der Waals surface area contributed by atoms with Crippen molar-refractivity contribution in [2.24, 2.45) is 4.99 Å². The van der Waals surface area contributed by atoms with Gasteiger partial charge in [-0.05, 0) is 38.5 Å². The van der Waals surface area contributed by atoms with Crippen LogP contribution in [0.2, 0.25) is 0 Å². The molecular formula is C17H27F3IN3O2S. The van der Waals surface area contributed by atoms with Crippen molar-refractivity contribution >= 4 is 39.8 Å². The van der Waals surface area contributed by atoms with Gasteiger partial charge < -0.3 is 10.2 Å². The highest BCUT2D eigenvalue weighted by molar-refractivity contribution is 14.0. The predicted molar refractivity (Wildman–Crippen MR) is 113 cm³/mol. The van der Waals surface area contributed by atoms with Gasteiger partial charge in [-0.15, -0.1) is 24.0 Å². The van der Waals surface area contributed by atoms with Gasteiger partial charge in [-0.3, -0.25) is 4.99 Å². The van der Waals surface area contributed by atoms with Crippen LogP contribution in [-0.4, -0.2) is 50.4 Å². The van der Waals surface area contributed by atoms with Crippen LogP contribution < -0.4 is 5.32 Å². The first kappa shape index (κ1) is 26.0. The normalized spacial score (nSPS) is 13.1. The van der Waals surface area contributed by atoms with E-state index in [0.29, 0.717) is 18.1 Å². The number of alkyl halides is 3. The molecule has 0 unspecified atom stereocenters. The van der Waals surface area contributed by atoms with Crippen molar-refractivity contribution in [2.75, 3.05) is 26.4 Å². The third kappa shape index (κ3) is 7.84. The number of sulfone groups is 1. The maximum absolute atomic E-state index is 12.6. The summed E-state index contributed by atoms with van der Waals surface area (Å²) in [4.78, 5) is 5.79. The zero-order valence-corrected chi connectivity index (χ0v) is 19.2. The van der Waals surface area contributed by atoms with Gasteiger partial charge in [-0.25, -0.2) is 8.42 Å². The first-order valence-corrected chi connectivity index (χ1v) is 9.73. The summed E-state index contributed by atoms with van der Waals surface area (Å²) in [6, 6.07) is 4.90. The van der Waals surface area contributed by atoms with Crippen molar-refractivity contribution in [1.82, 2.24) is 10.2 Å². The molecule has 1 N–H and O–H groups in total. The van der Waals surface area contributed by atoms with Crippen LogP contribution >= 0.6 is 24.0 Å². The number of nitrogens with one attached hydrogen (secondary N) is 1. The number of aliphatic imine (C=N–C) groups is 1. The Balaban J connectivity index is 0.00000676. The average Bonchev–Trinajstić information content (AvgIpc) is 2.50. The molecule has 0 amide bonds. The molecule has 1 aromatic rings. The lowest BCUT2D eigenvalue weighted by Crippen LogP contribution is -2.42. The van der Waals surface area contributed by atoms with E-state index < -0.39 is 26.3 Å². The summed E-state index contributed by atoms with van der Waals surface area (Å²) in [5.74, 6) is 0.429. The first-order chi connectivity index (χ1) is 11.8. The second kappa shape index (κ2) is 9.94. The molecule has 0 bridgehead atoms. The fraction of sp³-hybridized carbons (Fsp3) is 0.588. The largest absolute Gasteiger partial charge is 0.416 e. The predicted octanol–water partition coefficient (Wildman–Crippen LogP) is 3.54. The minimum Gasteiger partial charge on any atom is -0.355 e. The molecule has 0 aliphatic rings. The van der Waals surface area contributed by atoms with E-state index >= 15 is 0 Å². The summed E-state index contributed by atoms with van der Waals surface area (Å²) >= 11 is 0. The maximum atomic E-state index is 12.6. The molecule has 0 spiro atoms. The van der Waals surface area contributed by atoms with Crippen LogP contribution in [0.4, 0.5) is 13.2 Å². The number of guanidine groups is 1. The number of halogens is 4. The molecule has 5 nitrogen and oxygen atoms in total. The SMILES string of the molecule is CN=C(NCCS(=O)(=O)C(C)(C)C)N(C)Cc1ccc(C(F)(F)F)cc1.I. The monoisotopic (exact) mass is 521 g/mol. The van der Waals surface area contributed by atoms with Gasteiger partial charge >= 0.3 is 6.18 Å². The van der Waals surface area contributed by atoms with Crippen LogP contribution in [0.3, 0.4) is 0 Å². The van der Waals surface area contributed by atoms with Crippen LogP contribution in [-0.2, 0) is 22.6 Å². The van der Waals surface area contributed by atoms with Gasteiger partial charge in [0.2, 0.25) is 0 Å². The molecule has 0 fully saturated rings. The Morgan fingerprint density at radius 3 is 2.07 bits per heavy atom. The van der Waals surface area contributed by atoms with Gasteiger partial charge in [0.15, 0.2) is 15.8 Å². The molecule has 0 atom stereocenters. The molecule has 0 saturated carbocycles. The molecular weight excluding hydrogens is 494 g/mol. The van der Waals surface area contributed by atoms with E-state index in [1.807, 2.05) is 0 Å². The third-order valence-corrected chi connectivity index (χ3v) is 6.47. The van der Waals surface area contributed by atoms with E-state index in [2.05, 4.69) is 10.3 Å².